The van der Waals surface area contributed by atoms with Gasteiger partial charge in [0, 0.05) is 12.6 Å². The lowest BCUT2D eigenvalue weighted by molar-refractivity contribution is -0.144. The molecule has 0 saturated heterocycles. The van der Waals surface area contributed by atoms with Crippen LogP contribution in [-0.2, 0) is 24.7 Å². The van der Waals surface area contributed by atoms with Gasteiger partial charge in [0.05, 0.1) is 0 Å². The third-order valence-corrected chi connectivity index (χ3v) is 1.83. The molecular weight excluding hydrogens is 290 g/mol. The minimum atomic E-state index is -4.67. The van der Waals surface area contributed by atoms with Gasteiger partial charge >= 0.3 is 16.4 Å². The maximum Gasteiger partial charge on any atom is 0.394 e. The molecule has 0 aliphatic heterocycles. The Kier molecular flexibility index (Phi) is 7.44. The van der Waals surface area contributed by atoms with E-state index in [1.165, 1.54) is 6.92 Å². The molecule has 3 N–H and O–H groups in total. The van der Waals surface area contributed by atoms with Crippen LogP contribution in [0.15, 0.2) is 24.3 Å². The van der Waals surface area contributed by atoms with Crippen LogP contribution >= 0.6 is 0 Å². The Bertz CT molecular complexity index is 560. The molecule has 0 heterocycles. The zero-order chi connectivity index (χ0) is 15.8. The third kappa shape index (κ3) is 11.1. The van der Waals surface area contributed by atoms with E-state index in [9.17, 15) is 9.59 Å². The number of para-hydroxylation sites is 1. The Labute approximate surface area is 116 Å². The number of hydrogen-bond acceptors (Lipinski definition) is 5. The second-order valence-corrected chi connectivity index (χ2v) is 4.49. The first-order valence-electron chi connectivity index (χ1n) is 5.28. The molecule has 0 bridgehead atoms. The summed E-state index contributed by atoms with van der Waals surface area (Å²) >= 11 is 0. The zero-order valence-corrected chi connectivity index (χ0v) is 11.7. The molecule has 112 valence electrons. The van der Waals surface area contributed by atoms with Crippen LogP contribution in [0.5, 0.6) is 0 Å². The van der Waals surface area contributed by atoms with E-state index < -0.39 is 16.4 Å². The van der Waals surface area contributed by atoms with Crippen molar-refractivity contribution in [1.82, 2.24) is 0 Å². The monoisotopic (exact) mass is 305 g/mol. The summed E-state index contributed by atoms with van der Waals surface area (Å²) in [4.78, 5) is 21.7. The molecular formula is C11H15NO7S. The van der Waals surface area contributed by atoms with Gasteiger partial charge in [-0.05, 0) is 18.6 Å². The van der Waals surface area contributed by atoms with Crippen LogP contribution in [0.3, 0.4) is 0 Å². The molecule has 9 heteroatoms. The highest BCUT2D eigenvalue weighted by Gasteiger charge is 2.05. The minimum absolute atomic E-state index is 0.246. The van der Waals surface area contributed by atoms with Gasteiger partial charge in [-0.3, -0.25) is 18.7 Å². The fourth-order valence-electron chi connectivity index (χ4n) is 1.07. The predicted molar refractivity (Wildman–Crippen MR) is 70.6 cm³/mol. The van der Waals surface area contributed by atoms with Crippen LogP contribution in [0.2, 0.25) is 0 Å². The summed E-state index contributed by atoms with van der Waals surface area (Å²) in [5.74, 6) is -0.797. The van der Waals surface area contributed by atoms with Crippen molar-refractivity contribution in [3.05, 3.63) is 29.8 Å². The highest BCUT2D eigenvalue weighted by molar-refractivity contribution is 7.79. The molecule has 1 aromatic rings. The molecule has 0 fully saturated rings. The second-order valence-electron chi connectivity index (χ2n) is 3.59. The number of aryl methyl sites for hydroxylation is 1. The average Bonchev–Trinajstić information content (AvgIpc) is 2.27. The lowest BCUT2D eigenvalue weighted by atomic mass is 10.2. The third-order valence-electron chi connectivity index (χ3n) is 1.83. The molecule has 20 heavy (non-hydrogen) atoms. The fraction of sp³-hybridized carbons (Fsp3) is 0.273. The van der Waals surface area contributed by atoms with Crippen molar-refractivity contribution < 1.29 is 31.8 Å². The summed E-state index contributed by atoms with van der Waals surface area (Å²) in [5, 5.41) is 2.65. The van der Waals surface area contributed by atoms with Gasteiger partial charge < -0.3 is 10.1 Å². The molecule has 0 aromatic heterocycles. The molecule has 0 radical (unpaired) electrons. The first kappa shape index (κ1) is 18.0. The summed E-state index contributed by atoms with van der Waals surface area (Å²) < 4.78 is 36.1. The molecule has 1 amide bonds. The number of anilines is 1. The van der Waals surface area contributed by atoms with Crippen LogP contribution < -0.4 is 5.32 Å². The molecule has 0 aliphatic carbocycles. The van der Waals surface area contributed by atoms with Gasteiger partial charge in [0.25, 0.3) is 5.91 Å². The molecule has 8 nitrogen and oxygen atoms in total. The van der Waals surface area contributed by atoms with E-state index in [1.807, 2.05) is 25.1 Å². The summed E-state index contributed by atoms with van der Waals surface area (Å²) in [7, 11) is -4.67. The van der Waals surface area contributed by atoms with Crippen LogP contribution in [0.1, 0.15) is 12.5 Å². The summed E-state index contributed by atoms with van der Waals surface area (Å²) in [5.41, 5.74) is 1.70. The normalized spacial score (nSPS) is 10.0. The first-order valence-corrected chi connectivity index (χ1v) is 6.68. The maximum absolute atomic E-state index is 11.3. The van der Waals surface area contributed by atoms with E-state index in [-0.39, 0.29) is 12.5 Å². The largest absolute Gasteiger partial charge is 0.456 e. The van der Waals surface area contributed by atoms with Gasteiger partial charge in [-0.25, -0.2) is 0 Å². The lowest BCUT2D eigenvalue weighted by Gasteiger charge is -2.07. The van der Waals surface area contributed by atoms with Gasteiger partial charge in [-0.1, -0.05) is 18.2 Å². The highest BCUT2D eigenvalue weighted by atomic mass is 32.3. The summed E-state index contributed by atoms with van der Waals surface area (Å²) in [6.07, 6.45) is 0. The molecule has 0 saturated carbocycles. The van der Waals surface area contributed by atoms with E-state index in [2.05, 4.69) is 10.1 Å². The number of nitrogens with one attached hydrogen (secondary N) is 1. The lowest BCUT2D eigenvalue weighted by Crippen LogP contribution is -2.20. The number of ether oxygens (including phenoxy) is 1. The smallest absolute Gasteiger partial charge is 0.394 e. The molecule has 0 aliphatic rings. The van der Waals surface area contributed by atoms with Crippen LogP contribution in [-0.4, -0.2) is 36.0 Å². The number of esters is 1. The van der Waals surface area contributed by atoms with Gasteiger partial charge in [0.2, 0.25) is 0 Å². The number of benzene rings is 1. The summed E-state index contributed by atoms with van der Waals surface area (Å²) in [6.45, 7) is 2.91. The van der Waals surface area contributed by atoms with Crippen molar-refractivity contribution in [3.8, 4) is 0 Å². The molecule has 1 aromatic carbocycles. The fourth-order valence-corrected chi connectivity index (χ4v) is 1.07. The Morgan fingerprint density at radius 1 is 1.25 bits per heavy atom. The maximum atomic E-state index is 11.3. The van der Waals surface area contributed by atoms with Crippen molar-refractivity contribution >= 4 is 28.0 Å². The molecule has 0 unspecified atom stereocenters. The standard InChI is InChI=1S/C11H13NO3.H2O4S/c1-8-5-3-4-6-10(8)12-11(14)7-15-9(2)13;1-5(2,3)4/h3-6H,7H2,1-2H3,(H,12,14);(H2,1,2,3,4). The van der Waals surface area contributed by atoms with Gasteiger partial charge in [-0.2, -0.15) is 8.42 Å². The van der Waals surface area contributed by atoms with Crippen LogP contribution in [0.4, 0.5) is 5.69 Å². The Morgan fingerprint density at radius 3 is 2.20 bits per heavy atom. The highest BCUT2D eigenvalue weighted by Crippen LogP contribution is 2.12. The molecule has 0 atom stereocenters. The van der Waals surface area contributed by atoms with Crippen LogP contribution in [0, 0.1) is 6.92 Å². The first-order chi connectivity index (χ1) is 9.09. The molecule has 1 rings (SSSR count). The minimum Gasteiger partial charge on any atom is -0.456 e. The number of amides is 1. The number of hydrogen-bond donors (Lipinski definition) is 3. The Balaban J connectivity index is 0.000000621. The number of carbonyl (C=O) groups excluding carboxylic acids is 2. The number of rotatable bonds is 3. The molecule has 0 spiro atoms. The Morgan fingerprint density at radius 2 is 1.75 bits per heavy atom. The topological polar surface area (TPSA) is 130 Å². The predicted octanol–water partition coefficient (Wildman–Crippen LogP) is 0.844. The van der Waals surface area contributed by atoms with E-state index in [0.29, 0.717) is 0 Å². The van der Waals surface area contributed by atoms with Crippen molar-refractivity contribution in [2.24, 2.45) is 0 Å². The van der Waals surface area contributed by atoms with E-state index >= 15 is 0 Å². The second kappa shape index (κ2) is 8.25. The van der Waals surface area contributed by atoms with Crippen molar-refractivity contribution in [3.63, 3.8) is 0 Å². The van der Waals surface area contributed by atoms with Gasteiger partial charge in [0.15, 0.2) is 6.61 Å². The van der Waals surface area contributed by atoms with Crippen molar-refractivity contribution in [1.29, 1.82) is 0 Å². The van der Waals surface area contributed by atoms with Crippen molar-refractivity contribution in [2.75, 3.05) is 11.9 Å². The van der Waals surface area contributed by atoms with E-state index in [4.69, 9.17) is 17.5 Å². The van der Waals surface area contributed by atoms with E-state index in [1.54, 1.807) is 6.07 Å². The van der Waals surface area contributed by atoms with Crippen LogP contribution in [0.25, 0.3) is 0 Å². The average molecular weight is 305 g/mol. The number of carbonyl (C=O) groups is 2. The zero-order valence-electron chi connectivity index (χ0n) is 10.9. The van der Waals surface area contributed by atoms with E-state index in [0.717, 1.165) is 11.3 Å². The SMILES string of the molecule is CC(=O)OCC(=O)Nc1ccccc1C.O=S(=O)(O)O. The van der Waals surface area contributed by atoms with Gasteiger partial charge in [0.1, 0.15) is 0 Å². The summed E-state index contributed by atoms with van der Waals surface area (Å²) in [6, 6.07) is 7.40. The van der Waals surface area contributed by atoms with Gasteiger partial charge in [-0.15, -0.1) is 0 Å². The van der Waals surface area contributed by atoms with Crippen molar-refractivity contribution in [2.45, 2.75) is 13.8 Å². The Hall–Kier alpha value is -1.97. The quantitative estimate of drug-likeness (QED) is 0.557.